The molecule has 2 nitrogen and oxygen atoms in total. The molecule has 0 aliphatic heterocycles. The van der Waals surface area contributed by atoms with Gasteiger partial charge in [-0.15, -0.1) is 0 Å². The van der Waals surface area contributed by atoms with Gasteiger partial charge in [0.1, 0.15) is 11.5 Å². The highest BCUT2D eigenvalue weighted by Crippen LogP contribution is 2.32. The molecule has 82 valence electrons. The van der Waals surface area contributed by atoms with Crippen LogP contribution in [0.2, 0.25) is 0 Å². The molecule has 0 aliphatic rings. The topological polar surface area (TPSA) is 40.5 Å². The maximum atomic E-state index is 9.76. The first kappa shape index (κ1) is 10.6. The van der Waals surface area contributed by atoms with Crippen LogP contribution < -0.4 is 0 Å². The van der Waals surface area contributed by atoms with Crippen molar-refractivity contribution in [3.8, 4) is 11.5 Å². The van der Waals surface area contributed by atoms with E-state index >= 15 is 0 Å². The lowest BCUT2D eigenvalue weighted by Gasteiger charge is -2.14. The van der Waals surface area contributed by atoms with Crippen LogP contribution in [-0.4, -0.2) is 10.2 Å². The Kier molecular flexibility index (Phi) is 2.82. The van der Waals surface area contributed by atoms with Gasteiger partial charge in [0.25, 0.3) is 0 Å². The normalized spacial score (nSPS) is 12.3. The number of aromatic hydroxyl groups is 2. The van der Waals surface area contributed by atoms with E-state index < -0.39 is 0 Å². The van der Waals surface area contributed by atoms with Crippen molar-refractivity contribution in [2.75, 3.05) is 0 Å². The SMILES string of the molecule is C[C@@H](c1ccccc1)c1ccc(O)cc1O. The fourth-order valence-electron chi connectivity index (χ4n) is 1.82. The monoisotopic (exact) mass is 214 g/mol. The summed E-state index contributed by atoms with van der Waals surface area (Å²) in [6.07, 6.45) is 0. The fourth-order valence-corrected chi connectivity index (χ4v) is 1.82. The lowest BCUT2D eigenvalue weighted by Crippen LogP contribution is -1.95. The maximum absolute atomic E-state index is 9.76. The summed E-state index contributed by atoms with van der Waals surface area (Å²) >= 11 is 0. The minimum absolute atomic E-state index is 0.0847. The zero-order chi connectivity index (χ0) is 11.5. The van der Waals surface area contributed by atoms with E-state index in [4.69, 9.17) is 0 Å². The average molecular weight is 214 g/mol. The van der Waals surface area contributed by atoms with Crippen LogP contribution in [0.4, 0.5) is 0 Å². The number of hydrogen-bond donors (Lipinski definition) is 2. The van der Waals surface area contributed by atoms with Crippen LogP contribution in [0.1, 0.15) is 24.0 Å². The standard InChI is InChI=1S/C14H14O2/c1-10(11-5-3-2-4-6-11)13-8-7-12(15)9-14(13)16/h2-10,15-16H,1H3/t10-/m0/s1. The van der Waals surface area contributed by atoms with Crippen LogP contribution in [-0.2, 0) is 0 Å². The Morgan fingerprint density at radius 1 is 0.938 bits per heavy atom. The van der Waals surface area contributed by atoms with Crippen molar-refractivity contribution < 1.29 is 10.2 Å². The molecule has 0 bridgehead atoms. The van der Waals surface area contributed by atoms with Crippen LogP contribution in [0.25, 0.3) is 0 Å². The molecule has 0 aliphatic carbocycles. The second-order valence-corrected chi connectivity index (χ2v) is 3.88. The van der Waals surface area contributed by atoms with Crippen molar-refractivity contribution >= 4 is 0 Å². The molecular weight excluding hydrogens is 200 g/mol. The van der Waals surface area contributed by atoms with Crippen molar-refractivity contribution in [2.45, 2.75) is 12.8 Å². The van der Waals surface area contributed by atoms with Crippen LogP contribution in [0, 0.1) is 0 Å². The summed E-state index contributed by atoms with van der Waals surface area (Å²) in [7, 11) is 0. The highest BCUT2D eigenvalue weighted by atomic mass is 16.3. The van der Waals surface area contributed by atoms with Crippen LogP contribution >= 0.6 is 0 Å². The van der Waals surface area contributed by atoms with E-state index in [-0.39, 0.29) is 17.4 Å². The molecule has 1 atom stereocenters. The lowest BCUT2D eigenvalue weighted by atomic mass is 9.92. The fraction of sp³-hybridized carbons (Fsp3) is 0.143. The predicted molar refractivity (Wildman–Crippen MR) is 63.7 cm³/mol. The van der Waals surface area contributed by atoms with Crippen molar-refractivity contribution in [3.63, 3.8) is 0 Å². The quantitative estimate of drug-likeness (QED) is 0.805. The van der Waals surface area contributed by atoms with Gasteiger partial charge in [-0.2, -0.15) is 0 Å². The third-order valence-electron chi connectivity index (χ3n) is 2.78. The van der Waals surface area contributed by atoms with E-state index in [1.807, 2.05) is 37.3 Å². The Bertz CT molecular complexity index is 477. The summed E-state index contributed by atoms with van der Waals surface area (Å²) in [6, 6.07) is 14.7. The molecule has 2 rings (SSSR count). The third kappa shape index (κ3) is 2.01. The molecule has 0 radical (unpaired) electrons. The first-order valence-corrected chi connectivity index (χ1v) is 5.25. The van der Waals surface area contributed by atoms with Gasteiger partial charge in [0.15, 0.2) is 0 Å². The van der Waals surface area contributed by atoms with Gasteiger partial charge in [-0.05, 0) is 11.6 Å². The Hall–Kier alpha value is -1.96. The highest BCUT2D eigenvalue weighted by molar-refractivity contribution is 5.44. The van der Waals surface area contributed by atoms with Gasteiger partial charge in [0, 0.05) is 17.5 Å². The molecule has 16 heavy (non-hydrogen) atoms. The summed E-state index contributed by atoms with van der Waals surface area (Å²) in [4.78, 5) is 0. The Morgan fingerprint density at radius 2 is 1.62 bits per heavy atom. The molecular formula is C14H14O2. The van der Waals surface area contributed by atoms with Gasteiger partial charge in [-0.25, -0.2) is 0 Å². The van der Waals surface area contributed by atoms with Gasteiger partial charge in [-0.1, -0.05) is 43.3 Å². The number of benzene rings is 2. The number of phenolic OH excluding ortho intramolecular Hbond substituents is 2. The van der Waals surface area contributed by atoms with Crippen molar-refractivity contribution in [2.24, 2.45) is 0 Å². The number of hydrogen-bond acceptors (Lipinski definition) is 2. The van der Waals surface area contributed by atoms with E-state index in [9.17, 15) is 10.2 Å². The zero-order valence-electron chi connectivity index (χ0n) is 9.09. The molecule has 0 saturated carbocycles. The van der Waals surface area contributed by atoms with Crippen molar-refractivity contribution in [3.05, 3.63) is 59.7 Å². The molecule has 0 fully saturated rings. The first-order chi connectivity index (χ1) is 7.68. The molecule has 0 heterocycles. The highest BCUT2D eigenvalue weighted by Gasteiger charge is 2.12. The molecule has 0 saturated heterocycles. The van der Waals surface area contributed by atoms with Gasteiger partial charge in [0.2, 0.25) is 0 Å². The largest absolute Gasteiger partial charge is 0.508 e. The number of phenols is 2. The minimum atomic E-state index is 0.0847. The van der Waals surface area contributed by atoms with E-state index in [2.05, 4.69) is 0 Å². The van der Waals surface area contributed by atoms with Gasteiger partial charge in [0.05, 0.1) is 0 Å². The predicted octanol–water partition coefficient (Wildman–Crippen LogP) is 3.25. The molecule has 0 aromatic heterocycles. The van der Waals surface area contributed by atoms with E-state index in [1.54, 1.807) is 12.1 Å². The average Bonchev–Trinajstić information content (AvgIpc) is 2.29. The smallest absolute Gasteiger partial charge is 0.123 e. The van der Waals surface area contributed by atoms with Gasteiger partial charge < -0.3 is 10.2 Å². The van der Waals surface area contributed by atoms with Crippen molar-refractivity contribution in [1.29, 1.82) is 0 Å². The summed E-state index contributed by atoms with van der Waals surface area (Å²) in [5, 5.41) is 19.0. The summed E-state index contributed by atoms with van der Waals surface area (Å²) in [5.41, 5.74) is 1.97. The van der Waals surface area contributed by atoms with Gasteiger partial charge in [-0.3, -0.25) is 0 Å². The Labute approximate surface area is 94.8 Å². The molecule has 2 N–H and O–H groups in total. The second kappa shape index (κ2) is 4.27. The van der Waals surface area contributed by atoms with E-state index in [0.29, 0.717) is 0 Å². The van der Waals surface area contributed by atoms with Crippen LogP contribution in [0.3, 0.4) is 0 Å². The summed E-state index contributed by atoms with van der Waals surface area (Å²) in [6.45, 7) is 2.03. The molecule has 2 aromatic rings. The summed E-state index contributed by atoms with van der Waals surface area (Å²) in [5.74, 6) is 0.333. The van der Waals surface area contributed by atoms with Crippen LogP contribution in [0.5, 0.6) is 11.5 Å². The molecule has 0 unspecified atom stereocenters. The molecule has 2 heteroatoms. The Morgan fingerprint density at radius 3 is 2.25 bits per heavy atom. The van der Waals surface area contributed by atoms with E-state index in [0.717, 1.165) is 11.1 Å². The molecule has 2 aromatic carbocycles. The van der Waals surface area contributed by atoms with Gasteiger partial charge >= 0.3 is 0 Å². The Balaban J connectivity index is 2.38. The minimum Gasteiger partial charge on any atom is -0.508 e. The van der Waals surface area contributed by atoms with Crippen molar-refractivity contribution in [1.82, 2.24) is 0 Å². The summed E-state index contributed by atoms with van der Waals surface area (Å²) < 4.78 is 0. The molecule has 0 amide bonds. The first-order valence-electron chi connectivity index (χ1n) is 5.25. The maximum Gasteiger partial charge on any atom is 0.123 e. The zero-order valence-corrected chi connectivity index (χ0v) is 9.09. The lowest BCUT2D eigenvalue weighted by molar-refractivity contribution is 0.444. The van der Waals surface area contributed by atoms with E-state index in [1.165, 1.54) is 6.07 Å². The number of rotatable bonds is 2. The second-order valence-electron chi connectivity index (χ2n) is 3.88. The third-order valence-corrected chi connectivity index (χ3v) is 2.78. The van der Waals surface area contributed by atoms with Crippen LogP contribution in [0.15, 0.2) is 48.5 Å². The molecule has 0 spiro atoms.